The van der Waals surface area contributed by atoms with Gasteiger partial charge in [-0.3, -0.25) is 0 Å². The van der Waals surface area contributed by atoms with Gasteiger partial charge in [0.25, 0.3) is 0 Å². The Kier molecular flexibility index (Phi) is 4.36. The van der Waals surface area contributed by atoms with Gasteiger partial charge in [-0.15, -0.1) is 0 Å². The van der Waals surface area contributed by atoms with Crippen LogP contribution in [0.5, 0.6) is 0 Å². The third kappa shape index (κ3) is 2.89. The Morgan fingerprint density at radius 2 is 2.00 bits per heavy atom. The summed E-state index contributed by atoms with van der Waals surface area (Å²) in [6.07, 6.45) is 2.53. The molecule has 6 heteroatoms. The van der Waals surface area contributed by atoms with Crippen molar-refractivity contribution in [2.24, 2.45) is 11.5 Å². The van der Waals surface area contributed by atoms with Crippen LogP contribution < -0.4 is 22.1 Å². The van der Waals surface area contributed by atoms with Crippen LogP contribution in [-0.2, 0) is 5.54 Å². The second-order valence-corrected chi connectivity index (χ2v) is 4.90. The Balaban J connectivity index is 3.08. The van der Waals surface area contributed by atoms with Gasteiger partial charge in [0.05, 0.1) is 17.4 Å². The molecule has 0 saturated heterocycles. The summed E-state index contributed by atoms with van der Waals surface area (Å²) >= 11 is 0. The lowest BCUT2D eigenvalue weighted by atomic mass is 10.0. The Labute approximate surface area is 103 Å². The van der Waals surface area contributed by atoms with Gasteiger partial charge in [-0.2, -0.15) is 5.10 Å². The van der Waals surface area contributed by atoms with Crippen molar-refractivity contribution in [3.05, 3.63) is 6.20 Å². The molecule has 0 aromatic carbocycles. The van der Waals surface area contributed by atoms with Crippen LogP contribution in [0.15, 0.2) is 6.20 Å². The van der Waals surface area contributed by atoms with Crippen molar-refractivity contribution < 1.29 is 0 Å². The van der Waals surface area contributed by atoms with Gasteiger partial charge in [0.15, 0.2) is 5.82 Å². The summed E-state index contributed by atoms with van der Waals surface area (Å²) in [6.45, 7) is 6.15. The largest absolute Gasteiger partial charge is 0.394 e. The molecule has 0 saturated carbocycles. The summed E-state index contributed by atoms with van der Waals surface area (Å²) in [5.74, 6) is 0.911. The van der Waals surface area contributed by atoms with E-state index >= 15 is 0 Å². The molecular formula is C11H24N6. The fourth-order valence-electron chi connectivity index (χ4n) is 1.94. The van der Waals surface area contributed by atoms with E-state index in [0.29, 0.717) is 18.8 Å². The average Bonchev–Trinajstić information content (AvgIpc) is 2.61. The fourth-order valence-corrected chi connectivity index (χ4v) is 1.94. The van der Waals surface area contributed by atoms with E-state index in [1.54, 1.807) is 6.20 Å². The lowest BCUT2D eigenvalue weighted by molar-refractivity contribution is 0.302. The highest BCUT2D eigenvalue weighted by Crippen LogP contribution is 2.29. The van der Waals surface area contributed by atoms with Crippen LogP contribution in [0.2, 0.25) is 0 Å². The number of hydrogen-bond acceptors (Lipinski definition) is 5. The minimum atomic E-state index is -0.148. The minimum absolute atomic E-state index is 0.148. The Hall–Kier alpha value is -1.27. The highest BCUT2D eigenvalue weighted by atomic mass is 15.4. The predicted octanol–water partition coefficient (Wildman–Crippen LogP) is -0.0559. The third-order valence-corrected chi connectivity index (χ3v) is 2.93. The molecular weight excluding hydrogens is 216 g/mol. The van der Waals surface area contributed by atoms with E-state index < -0.39 is 0 Å². The zero-order valence-electron chi connectivity index (χ0n) is 11.0. The summed E-state index contributed by atoms with van der Waals surface area (Å²) in [4.78, 5) is 2.03. The molecule has 1 rings (SSSR count). The molecule has 0 unspecified atom stereocenters. The van der Waals surface area contributed by atoms with Gasteiger partial charge in [-0.05, 0) is 26.8 Å². The van der Waals surface area contributed by atoms with E-state index in [9.17, 15) is 0 Å². The van der Waals surface area contributed by atoms with Crippen LogP contribution in [0.25, 0.3) is 0 Å². The zero-order valence-corrected chi connectivity index (χ0v) is 11.0. The fraction of sp³-hybridized carbons (Fsp3) is 0.727. The van der Waals surface area contributed by atoms with Crippen LogP contribution in [0.1, 0.15) is 20.3 Å². The molecule has 6 nitrogen and oxygen atoms in total. The van der Waals surface area contributed by atoms with Crippen LogP contribution in [0.4, 0.5) is 11.5 Å². The van der Waals surface area contributed by atoms with Crippen LogP contribution in [0.3, 0.4) is 0 Å². The number of hydrogen-bond donors (Lipinski definition) is 3. The molecule has 6 N–H and O–H groups in total. The minimum Gasteiger partial charge on any atom is -0.394 e. The third-order valence-electron chi connectivity index (χ3n) is 2.93. The molecule has 0 spiro atoms. The summed E-state index contributed by atoms with van der Waals surface area (Å²) in [5.41, 5.74) is 17.7. The van der Waals surface area contributed by atoms with Gasteiger partial charge in [-0.1, -0.05) is 0 Å². The SMILES string of the molecule is CN(CCN)c1c(N)cnn1C(C)(C)CCN. The molecule has 0 amide bonds. The van der Waals surface area contributed by atoms with Gasteiger partial charge >= 0.3 is 0 Å². The van der Waals surface area contributed by atoms with Crippen molar-refractivity contribution in [1.29, 1.82) is 0 Å². The summed E-state index contributed by atoms with van der Waals surface area (Å²) < 4.78 is 1.94. The van der Waals surface area contributed by atoms with Crippen molar-refractivity contribution in [3.8, 4) is 0 Å². The monoisotopic (exact) mass is 240 g/mol. The molecule has 1 heterocycles. The van der Waals surface area contributed by atoms with Crippen LogP contribution >= 0.6 is 0 Å². The van der Waals surface area contributed by atoms with Gasteiger partial charge < -0.3 is 22.1 Å². The predicted molar refractivity (Wildman–Crippen MR) is 72.0 cm³/mol. The number of aromatic nitrogens is 2. The highest BCUT2D eigenvalue weighted by Gasteiger charge is 2.25. The van der Waals surface area contributed by atoms with E-state index in [2.05, 4.69) is 18.9 Å². The van der Waals surface area contributed by atoms with E-state index in [-0.39, 0.29) is 5.54 Å². The normalized spacial score (nSPS) is 11.8. The van der Waals surface area contributed by atoms with Crippen LogP contribution in [-0.4, -0.2) is 36.5 Å². The van der Waals surface area contributed by atoms with E-state index in [0.717, 1.165) is 18.8 Å². The number of likely N-dealkylation sites (N-methyl/N-ethyl adjacent to an activating group) is 1. The number of anilines is 2. The Morgan fingerprint density at radius 1 is 1.35 bits per heavy atom. The topological polar surface area (TPSA) is 99.1 Å². The van der Waals surface area contributed by atoms with Crippen molar-refractivity contribution in [2.45, 2.75) is 25.8 Å². The maximum atomic E-state index is 5.97. The van der Waals surface area contributed by atoms with Crippen molar-refractivity contribution in [1.82, 2.24) is 9.78 Å². The molecule has 0 aliphatic heterocycles. The van der Waals surface area contributed by atoms with E-state index in [1.807, 2.05) is 16.6 Å². The lowest BCUT2D eigenvalue weighted by Gasteiger charge is -2.30. The molecule has 0 bridgehead atoms. The number of rotatable bonds is 6. The van der Waals surface area contributed by atoms with Crippen LogP contribution in [0, 0.1) is 0 Å². The van der Waals surface area contributed by atoms with E-state index in [1.165, 1.54) is 0 Å². The highest BCUT2D eigenvalue weighted by molar-refractivity contribution is 5.62. The van der Waals surface area contributed by atoms with Crippen molar-refractivity contribution in [3.63, 3.8) is 0 Å². The maximum absolute atomic E-state index is 5.97. The average molecular weight is 240 g/mol. The molecule has 98 valence electrons. The summed E-state index contributed by atoms with van der Waals surface area (Å²) in [5, 5.41) is 4.36. The summed E-state index contributed by atoms with van der Waals surface area (Å²) in [7, 11) is 1.97. The van der Waals surface area contributed by atoms with Gasteiger partial charge in [0.2, 0.25) is 0 Å². The second-order valence-electron chi connectivity index (χ2n) is 4.90. The second kappa shape index (κ2) is 5.37. The first-order chi connectivity index (χ1) is 7.94. The number of nitrogen functional groups attached to an aromatic ring is 1. The number of nitrogens with zero attached hydrogens (tertiary/aromatic N) is 3. The molecule has 0 aliphatic rings. The standard InChI is InChI=1S/C11H24N6/c1-11(2,4-5-12)17-10(9(14)8-15-17)16(3)7-6-13/h8H,4-7,12-14H2,1-3H3. The maximum Gasteiger partial charge on any atom is 0.150 e. The summed E-state index contributed by atoms with van der Waals surface area (Å²) in [6, 6.07) is 0. The van der Waals surface area contributed by atoms with Gasteiger partial charge in [0, 0.05) is 20.1 Å². The Bertz CT molecular complexity index is 357. The van der Waals surface area contributed by atoms with Crippen molar-refractivity contribution >= 4 is 11.5 Å². The quantitative estimate of drug-likeness (QED) is 0.647. The molecule has 1 aromatic heterocycles. The molecule has 1 aromatic rings. The van der Waals surface area contributed by atoms with E-state index in [4.69, 9.17) is 17.2 Å². The molecule has 0 radical (unpaired) electrons. The first-order valence-electron chi connectivity index (χ1n) is 5.89. The molecule has 17 heavy (non-hydrogen) atoms. The zero-order chi connectivity index (χ0) is 13.1. The van der Waals surface area contributed by atoms with Gasteiger partial charge in [-0.25, -0.2) is 4.68 Å². The van der Waals surface area contributed by atoms with Crippen molar-refractivity contribution in [2.75, 3.05) is 37.3 Å². The smallest absolute Gasteiger partial charge is 0.150 e. The molecule has 0 atom stereocenters. The number of nitrogens with two attached hydrogens (primary N) is 3. The van der Waals surface area contributed by atoms with Gasteiger partial charge in [0.1, 0.15) is 0 Å². The first-order valence-corrected chi connectivity index (χ1v) is 5.89. The molecule has 0 fully saturated rings. The lowest BCUT2D eigenvalue weighted by Crippen LogP contribution is -2.35. The first kappa shape index (κ1) is 13.8. The Morgan fingerprint density at radius 3 is 2.53 bits per heavy atom. The molecule has 0 aliphatic carbocycles.